The largest absolute Gasteiger partial charge is 0.356 e. The Morgan fingerprint density at radius 3 is 2.78 bits per heavy atom. The van der Waals surface area contributed by atoms with Gasteiger partial charge in [-0.05, 0) is 13.0 Å². The summed E-state index contributed by atoms with van der Waals surface area (Å²) in [6, 6.07) is 0. The molecule has 0 atom stereocenters. The average molecular weight is 268 g/mol. The van der Waals surface area contributed by atoms with Crippen molar-refractivity contribution in [2.24, 2.45) is 7.05 Å². The first-order chi connectivity index (χ1) is 8.50. The molecule has 1 aromatic heterocycles. The highest BCUT2D eigenvalue weighted by Gasteiger charge is 2.06. The van der Waals surface area contributed by atoms with Crippen molar-refractivity contribution in [2.75, 3.05) is 12.3 Å². The molecule has 0 spiro atoms. The first-order valence-corrected chi connectivity index (χ1v) is 6.44. The SMILES string of the molecule is CC(=O)NCCSC(=O)C(C)=Cc1cnnn1C. The molecule has 1 heterocycles. The van der Waals surface area contributed by atoms with Crippen LogP contribution in [0.4, 0.5) is 0 Å². The number of amides is 1. The molecule has 1 aromatic rings. The van der Waals surface area contributed by atoms with E-state index in [1.54, 1.807) is 30.9 Å². The fraction of sp³-hybridized carbons (Fsp3) is 0.455. The zero-order valence-electron chi connectivity index (χ0n) is 10.6. The fourth-order valence-corrected chi connectivity index (χ4v) is 1.87. The third-order valence-corrected chi connectivity index (χ3v) is 3.14. The van der Waals surface area contributed by atoms with Crippen LogP contribution in [0, 0.1) is 0 Å². The molecule has 0 aromatic carbocycles. The lowest BCUT2D eigenvalue weighted by Gasteiger charge is -2.02. The summed E-state index contributed by atoms with van der Waals surface area (Å²) in [4.78, 5) is 22.4. The summed E-state index contributed by atoms with van der Waals surface area (Å²) in [5.74, 6) is 0.476. The maximum Gasteiger partial charge on any atom is 0.216 e. The molecule has 7 heteroatoms. The topological polar surface area (TPSA) is 76.9 Å². The lowest BCUT2D eigenvalue weighted by atomic mass is 10.3. The quantitative estimate of drug-likeness (QED) is 0.625. The van der Waals surface area contributed by atoms with Gasteiger partial charge in [0.1, 0.15) is 0 Å². The van der Waals surface area contributed by atoms with Gasteiger partial charge in [0.15, 0.2) is 0 Å². The van der Waals surface area contributed by atoms with Gasteiger partial charge in [0, 0.05) is 31.8 Å². The molecule has 0 radical (unpaired) electrons. The number of hydrogen-bond donors (Lipinski definition) is 1. The van der Waals surface area contributed by atoms with Crippen molar-refractivity contribution in [1.82, 2.24) is 20.3 Å². The first kappa shape index (κ1) is 14.4. The summed E-state index contributed by atoms with van der Waals surface area (Å²) in [6.07, 6.45) is 3.34. The molecule has 0 aliphatic rings. The summed E-state index contributed by atoms with van der Waals surface area (Å²) in [5.41, 5.74) is 1.41. The number of hydrogen-bond acceptors (Lipinski definition) is 5. The number of carbonyl (C=O) groups excluding carboxylic acids is 2. The van der Waals surface area contributed by atoms with Gasteiger partial charge in [-0.2, -0.15) is 0 Å². The molecule has 6 nitrogen and oxygen atoms in total. The smallest absolute Gasteiger partial charge is 0.216 e. The van der Waals surface area contributed by atoms with E-state index in [0.717, 1.165) is 5.69 Å². The maximum atomic E-state index is 11.8. The Bertz CT molecular complexity index is 467. The molecule has 18 heavy (non-hydrogen) atoms. The molecule has 1 N–H and O–H groups in total. The van der Waals surface area contributed by atoms with E-state index in [4.69, 9.17) is 0 Å². The van der Waals surface area contributed by atoms with E-state index in [2.05, 4.69) is 15.6 Å². The minimum absolute atomic E-state index is 0.0125. The minimum Gasteiger partial charge on any atom is -0.356 e. The third-order valence-electron chi connectivity index (χ3n) is 2.15. The Hall–Kier alpha value is -1.63. The van der Waals surface area contributed by atoms with Crippen LogP contribution in [0.2, 0.25) is 0 Å². The summed E-state index contributed by atoms with van der Waals surface area (Å²) < 4.78 is 1.60. The van der Waals surface area contributed by atoms with Gasteiger partial charge < -0.3 is 5.32 Å². The molecular weight excluding hydrogens is 252 g/mol. The number of rotatable bonds is 5. The van der Waals surface area contributed by atoms with Crippen molar-refractivity contribution in [1.29, 1.82) is 0 Å². The normalized spacial score (nSPS) is 11.4. The summed E-state index contributed by atoms with van der Waals surface area (Å²) >= 11 is 1.18. The fourth-order valence-electron chi connectivity index (χ4n) is 1.19. The van der Waals surface area contributed by atoms with Crippen LogP contribution < -0.4 is 5.32 Å². The van der Waals surface area contributed by atoms with Crippen molar-refractivity contribution in [3.63, 3.8) is 0 Å². The maximum absolute atomic E-state index is 11.8. The monoisotopic (exact) mass is 268 g/mol. The van der Waals surface area contributed by atoms with Crippen LogP contribution in [0.5, 0.6) is 0 Å². The highest BCUT2D eigenvalue weighted by molar-refractivity contribution is 8.14. The second kappa shape index (κ2) is 6.95. The van der Waals surface area contributed by atoms with Crippen molar-refractivity contribution in [3.8, 4) is 0 Å². The molecule has 0 unspecified atom stereocenters. The lowest BCUT2D eigenvalue weighted by molar-refractivity contribution is -0.118. The van der Waals surface area contributed by atoms with Crippen LogP contribution in [0.15, 0.2) is 11.8 Å². The van der Waals surface area contributed by atoms with Crippen LogP contribution in [0.1, 0.15) is 19.5 Å². The van der Waals surface area contributed by atoms with E-state index in [9.17, 15) is 9.59 Å². The standard InChI is InChI=1S/C11H16N4O2S/c1-8(6-10-7-13-14-15(10)3)11(17)18-5-4-12-9(2)16/h6-7H,4-5H2,1-3H3,(H,12,16). The highest BCUT2D eigenvalue weighted by atomic mass is 32.2. The van der Waals surface area contributed by atoms with Gasteiger partial charge in [-0.15, -0.1) is 5.10 Å². The Labute approximate surface area is 110 Å². The minimum atomic E-state index is -0.0868. The number of aryl methyl sites for hydroxylation is 1. The van der Waals surface area contributed by atoms with Gasteiger partial charge in [-0.25, -0.2) is 4.68 Å². The molecule has 0 saturated carbocycles. The number of aromatic nitrogens is 3. The predicted octanol–water partition coefficient (Wildman–Crippen LogP) is 0.614. The zero-order valence-corrected chi connectivity index (χ0v) is 11.5. The van der Waals surface area contributed by atoms with Crippen molar-refractivity contribution >= 4 is 28.9 Å². The van der Waals surface area contributed by atoms with E-state index in [-0.39, 0.29) is 11.0 Å². The van der Waals surface area contributed by atoms with Gasteiger partial charge in [-0.3, -0.25) is 9.59 Å². The van der Waals surface area contributed by atoms with Crippen molar-refractivity contribution in [2.45, 2.75) is 13.8 Å². The second-order valence-corrected chi connectivity index (χ2v) is 4.80. The lowest BCUT2D eigenvalue weighted by Crippen LogP contribution is -2.22. The van der Waals surface area contributed by atoms with Crippen LogP contribution in [0.3, 0.4) is 0 Å². The average Bonchev–Trinajstić information content (AvgIpc) is 2.70. The number of carbonyl (C=O) groups is 2. The van der Waals surface area contributed by atoms with Crippen molar-refractivity contribution in [3.05, 3.63) is 17.5 Å². The highest BCUT2D eigenvalue weighted by Crippen LogP contribution is 2.12. The Morgan fingerprint density at radius 1 is 1.50 bits per heavy atom. The van der Waals surface area contributed by atoms with Gasteiger partial charge >= 0.3 is 0 Å². The first-order valence-electron chi connectivity index (χ1n) is 5.45. The third kappa shape index (κ3) is 4.70. The summed E-state index contributed by atoms with van der Waals surface area (Å²) in [5, 5.41) is 10.1. The molecule has 1 amide bonds. The van der Waals surface area contributed by atoms with Crippen LogP contribution in [0.25, 0.3) is 6.08 Å². The Morgan fingerprint density at radius 2 is 2.22 bits per heavy atom. The van der Waals surface area contributed by atoms with E-state index in [1.807, 2.05) is 0 Å². The summed E-state index contributed by atoms with van der Waals surface area (Å²) in [6.45, 7) is 3.69. The Balaban J connectivity index is 2.44. The van der Waals surface area contributed by atoms with Crippen molar-refractivity contribution < 1.29 is 9.59 Å². The van der Waals surface area contributed by atoms with Crippen LogP contribution in [-0.2, 0) is 16.6 Å². The summed E-state index contributed by atoms with van der Waals surface area (Å²) in [7, 11) is 1.76. The molecular formula is C11H16N4O2S. The number of nitrogens with one attached hydrogen (secondary N) is 1. The van der Waals surface area contributed by atoms with Gasteiger partial charge in [-0.1, -0.05) is 17.0 Å². The van der Waals surface area contributed by atoms with Gasteiger partial charge in [0.05, 0.1) is 11.9 Å². The van der Waals surface area contributed by atoms with Gasteiger partial charge in [0.25, 0.3) is 0 Å². The molecule has 1 rings (SSSR count). The molecule has 0 aliphatic carbocycles. The molecule has 98 valence electrons. The van der Waals surface area contributed by atoms with E-state index >= 15 is 0 Å². The molecule has 0 aliphatic heterocycles. The molecule has 0 saturated heterocycles. The van der Waals surface area contributed by atoms with Crippen LogP contribution in [-0.4, -0.2) is 38.3 Å². The predicted molar refractivity (Wildman–Crippen MR) is 70.8 cm³/mol. The van der Waals surface area contributed by atoms with Gasteiger partial charge in [0.2, 0.25) is 11.0 Å². The Kier molecular flexibility index (Phi) is 5.57. The second-order valence-electron chi connectivity index (χ2n) is 3.73. The van der Waals surface area contributed by atoms with E-state index in [1.165, 1.54) is 18.7 Å². The van der Waals surface area contributed by atoms with E-state index < -0.39 is 0 Å². The van der Waals surface area contributed by atoms with E-state index in [0.29, 0.717) is 17.9 Å². The number of nitrogens with zero attached hydrogens (tertiary/aromatic N) is 3. The number of thioether (sulfide) groups is 1. The van der Waals surface area contributed by atoms with Crippen LogP contribution >= 0.6 is 11.8 Å². The molecule has 0 fully saturated rings. The molecule has 0 bridgehead atoms. The zero-order chi connectivity index (χ0) is 13.5.